The van der Waals surface area contributed by atoms with Crippen molar-refractivity contribution in [3.63, 3.8) is 0 Å². The molecule has 1 rings (SSSR count). The normalized spacial score (nSPS) is 12.5. The van der Waals surface area contributed by atoms with E-state index in [1.54, 1.807) is 0 Å². The monoisotopic (exact) mass is 283 g/mol. The van der Waals surface area contributed by atoms with E-state index in [0.29, 0.717) is 6.04 Å². The molecule has 90 valence electrons. The fraction of sp³-hybridized carbons (Fsp3) is 0.571. The average molecular weight is 284 g/mol. The Bertz CT molecular complexity index is 323. The zero-order valence-corrected chi connectivity index (χ0v) is 12.1. The van der Waals surface area contributed by atoms with Gasteiger partial charge in [0.15, 0.2) is 0 Å². The standard InChI is InChI=1S/C14H22BrN/c1-4-5-6-8-11(2)16-14-10-7-9-13(15)12(14)3/h7,9-11,16H,4-6,8H2,1-3H3. The van der Waals surface area contributed by atoms with Crippen molar-refractivity contribution in [2.75, 3.05) is 5.32 Å². The topological polar surface area (TPSA) is 12.0 Å². The van der Waals surface area contributed by atoms with Crippen LogP contribution in [-0.2, 0) is 0 Å². The molecule has 0 saturated carbocycles. The largest absolute Gasteiger partial charge is 0.382 e. The molecule has 0 fully saturated rings. The van der Waals surface area contributed by atoms with Crippen molar-refractivity contribution in [1.82, 2.24) is 0 Å². The van der Waals surface area contributed by atoms with Crippen LogP contribution in [0.1, 0.15) is 45.1 Å². The van der Waals surface area contributed by atoms with Gasteiger partial charge in [-0.3, -0.25) is 0 Å². The Morgan fingerprint density at radius 2 is 2.06 bits per heavy atom. The molecule has 0 aliphatic carbocycles. The number of halogens is 1. The summed E-state index contributed by atoms with van der Waals surface area (Å²) in [5.74, 6) is 0. The lowest BCUT2D eigenvalue weighted by atomic mass is 10.1. The zero-order valence-electron chi connectivity index (χ0n) is 10.5. The Balaban J connectivity index is 2.49. The van der Waals surface area contributed by atoms with Crippen LogP contribution in [0.5, 0.6) is 0 Å². The van der Waals surface area contributed by atoms with Gasteiger partial charge in [0.2, 0.25) is 0 Å². The van der Waals surface area contributed by atoms with Crippen molar-refractivity contribution in [1.29, 1.82) is 0 Å². The van der Waals surface area contributed by atoms with Crippen molar-refractivity contribution >= 4 is 21.6 Å². The van der Waals surface area contributed by atoms with E-state index < -0.39 is 0 Å². The minimum absolute atomic E-state index is 0.555. The van der Waals surface area contributed by atoms with Crippen LogP contribution in [-0.4, -0.2) is 6.04 Å². The smallest absolute Gasteiger partial charge is 0.0383 e. The van der Waals surface area contributed by atoms with Crippen molar-refractivity contribution in [2.24, 2.45) is 0 Å². The Labute approximate surface area is 108 Å². The second-order valence-corrected chi connectivity index (χ2v) is 5.31. The average Bonchev–Trinajstić information content (AvgIpc) is 2.25. The highest BCUT2D eigenvalue weighted by molar-refractivity contribution is 9.10. The molecule has 0 aromatic heterocycles. The lowest BCUT2D eigenvalue weighted by Crippen LogP contribution is -2.15. The maximum absolute atomic E-state index is 3.58. The third-order valence-corrected chi connectivity index (χ3v) is 3.77. The molecule has 0 heterocycles. The Kier molecular flexibility index (Phi) is 5.89. The fourth-order valence-corrected chi connectivity index (χ4v) is 2.17. The van der Waals surface area contributed by atoms with Gasteiger partial charge in [0, 0.05) is 16.2 Å². The minimum atomic E-state index is 0.555. The summed E-state index contributed by atoms with van der Waals surface area (Å²) in [4.78, 5) is 0. The molecule has 0 amide bonds. The Hall–Kier alpha value is -0.500. The zero-order chi connectivity index (χ0) is 12.0. The van der Waals surface area contributed by atoms with Crippen LogP contribution in [0, 0.1) is 6.92 Å². The van der Waals surface area contributed by atoms with Crippen LogP contribution < -0.4 is 5.32 Å². The van der Waals surface area contributed by atoms with E-state index in [-0.39, 0.29) is 0 Å². The molecule has 1 aromatic carbocycles. The van der Waals surface area contributed by atoms with Crippen LogP contribution in [0.25, 0.3) is 0 Å². The number of nitrogens with one attached hydrogen (secondary N) is 1. The fourth-order valence-electron chi connectivity index (χ4n) is 1.80. The van der Waals surface area contributed by atoms with E-state index in [9.17, 15) is 0 Å². The lowest BCUT2D eigenvalue weighted by molar-refractivity contribution is 0.615. The van der Waals surface area contributed by atoms with E-state index in [0.717, 1.165) is 0 Å². The predicted octanol–water partition coefficient (Wildman–Crippen LogP) is 5.14. The Morgan fingerprint density at radius 3 is 2.75 bits per heavy atom. The molecule has 1 unspecified atom stereocenters. The Morgan fingerprint density at radius 1 is 1.31 bits per heavy atom. The number of unbranched alkanes of at least 4 members (excludes halogenated alkanes) is 2. The van der Waals surface area contributed by atoms with Crippen molar-refractivity contribution < 1.29 is 0 Å². The third kappa shape index (κ3) is 4.17. The molecule has 2 heteroatoms. The predicted molar refractivity (Wildman–Crippen MR) is 76.1 cm³/mol. The first-order chi connectivity index (χ1) is 7.65. The minimum Gasteiger partial charge on any atom is -0.382 e. The van der Waals surface area contributed by atoms with Gasteiger partial charge in [-0.05, 0) is 38.0 Å². The summed E-state index contributed by atoms with van der Waals surface area (Å²) in [5, 5.41) is 3.58. The van der Waals surface area contributed by atoms with E-state index in [2.05, 4.69) is 60.2 Å². The third-order valence-electron chi connectivity index (χ3n) is 2.91. The van der Waals surface area contributed by atoms with Gasteiger partial charge < -0.3 is 5.32 Å². The van der Waals surface area contributed by atoms with E-state index in [4.69, 9.17) is 0 Å². The quantitative estimate of drug-likeness (QED) is 0.713. The number of benzene rings is 1. The van der Waals surface area contributed by atoms with E-state index in [1.165, 1.54) is 41.4 Å². The summed E-state index contributed by atoms with van der Waals surface area (Å²) in [5.41, 5.74) is 2.54. The second kappa shape index (κ2) is 6.95. The van der Waals surface area contributed by atoms with Crippen molar-refractivity contribution in [3.05, 3.63) is 28.2 Å². The summed E-state index contributed by atoms with van der Waals surface area (Å²) >= 11 is 3.56. The summed E-state index contributed by atoms with van der Waals surface area (Å²) in [6, 6.07) is 6.87. The van der Waals surface area contributed by atoms with Gasteiger partial charge >= 0.3 is 0 Å². The molecular weight excluding hydrogens is 262 g/mol. The van der Waals surface area contributed by atoms with Gasteiger partial charge in [0.05, 0.1) is 0 Å². The molecule has 1 atom stereocenters. The number of rotatable bonds is 6. The lowest BCUT2D eigenvalue weighted by Gasteiger charge is -2.17. The van der Waals surface area contributed by atoms with Crippen LogP contribution >= 0.6 is 15.9 Å². The second-order valence-electron chi connectivity index (χ2n) is 4.45. The first kappa shape index (κ1) is 13.6. The van der Waals surface area contributed by atoms with E-state index >= 15 is 0 Å². The molecule has 0 spiro atoms. The maximum atomic E-state index is 3.58. The van der Waals surface area contributed by atoms with Gasteiger partial charge in [0.1, 0.15) is 0 Å². The molecule has 0 saturated heterocycles. The molecule has 16 heavy (non-hydrogen) atoms. The summed E-state index contributed by atoms with van der Waals surface area (Å²) in [6.45, 7) is 6.65. The molecular formula is C14H22BrN. The molecule has 0 aliphatic heterocycles. The molecule has 0 radical (unpaired) electrons. The van der Waals surface area contributed by atoms with Crippen LogP contribution in [0.2, 0.25) is 0 Å². The van der Waals surface area contributed by atoms with Gasteiger partial charge in [-0.1, -0.05) is 48.2 Å². The van der Waals surface area contributed by atoms with Crippen molar-refractivity contribution in [3.8, 4) is 0 Å². The van der Waals surface area contributed by atoms with Gasteiger partial charge in [-0.15, -0.1) is 0 Å². The molecule has 1 nitrogen and oxygen atoms in total. The van der Waals surface area contributed by atoms with Crippen LogP contribution in [0.4, 0.5) is 5.69 Å². The van der Waals surface area contributed by atoms with Gasteiger partial charge in [-0.25, -0.2) is 0 Å². The van der Waals surface area contributed by atoms with Crippen molar-refractivity contribution in [2.45, 2.75) is 52.5 Å². The SMILES string of the molecule is CCCCCC(C)Nc1cccc(Br)c1C. The first-order valence-electron chi connectivity index (χ1n) is 6.16. The maximum Gasteiger partial charge on any atom is 0.0383 e. The number of anilines is 1. The van der Waals surface area contributed by atoms with Crippen LogP contribution in [0.15, 0.2) is 22.7 Å². The summed E-state index contributed by atoms with van der Waals surface area (Å²) in [6.07, 6.45) is 5.20. The van der Waals surface area contributed by atoms with Gasteiger partial charge in [0.25, 0.3) is 0 Å². The number of hydrogen-bond acceptors (Lipinski definition) is 1. The van der Waals surface area contributed by atoms with Gasteiger partial charge in [-0.2, -0.15) is 0 Å². The number of hydrogen-bond donors (Lipinski definition) is 1. The highest BCUT2D eigenvalue weighted by Gasteiger charge is 2.05. The summed E-state index contributed by atoms with van der Waals surface area (Å²) in [7, 11) is 0. The molecule has 1 aromatic rings. The summed E-state index contributed by atoms with van der Waals surface area (Å²) < 4.78 is 1.18. The molecule has 0 aliphatic rings. The van der Waals surface area contributed by atoms with E-state index in [1.807, 2.05) is 0 Å². The first-order valence-corrected chi connectivity index (χ1v) is 6.96. The highest BCUT2D eigenvalue weighted by Crippen LogP contribution is 2.24. The highest BCUT2D eigenvalue weighted by atomic mass is 79.9. The van der Waals surface area contributed by atoms with Crippen LogP contribution in [0.3, 0.4) is 0 Å². The molecule has 0 bridgehead atoms. The molecule has 1 N–H and O–H groups in total.